The van der Waals surface area contributed by atoms with E-state index in [1.165, 1.54) is 11.3 Å². The molecule has 2 aromatic carbocycles. The number of nitrogens with one attached hydrogen (secondary N) is 1. The summed E-state index contributed by atoms with van der Waals surface area (Å²) >= 11 is 7.51. The zero-order valence-electron chi connectivity index (χ0n) is 16.8. The number of rotatable bonds is 8. The first-order valence-corrected chi connectivity index (χ1v) is 10.9. The summed E-state index contributed by atoms with van der Waals surface area (Å²) in [6, 6.07) is 16.6. The summed E-state index contributed by atoms with van der Waals surface area (Å²) in [5, 5.41) is 12.5. The molecule has 0 bridgehead atoms. The molecule has 30 heavy (non-hydrogen) atoms. The van der Waals surface area contributed by atoms with Crippen molar-refractivity contribution >= 4 is 39.9 Å². The Bertz CT molecular complexity index is 1010. The van der Waals surface area contributed by atoms with E-state index in [1.54, 1.807) is 29.2 Å². The summed E-state index contributed by atoms with van der Waals surface area (Å²) in [6.45, 7) is 4.25. The number of nitrogens with zero attached hydrogens (tertiary/aromatic N) is 3. The lowest BCUT2D eigenvalue weighted by molar-refractivity contribution is -0.116. The van der Waals surface area contributed by atoms with E-state index in [0.29, 0.717) is 15.7 Å². The van der Waals surface area contributed by atoms with Crippen molar-refractivity contribution in [2.75, 3.05) is 11.9 Å². The van der Waals surface area contributed by atoms with E-state index in [0.717, 1.165) is 17.0 Å². The van der Waals surface area contributed by atoms with Gasteiger partial charge in [0.1, 0.15) is 5.01 Å². The summed E-state index contributed by atoms with van der Waals surface area (Å²) in [4.78, 5) is 27.1. The molecule has 8 heteroatoms. The van der Waals surface area contributed by atoms with Gasteiger partial charge >= 0.3 is 0 Å². The number of anilines is 1. The molecule has 1 N–H and O–H groups in total. The number of hydrogen-bond donors (Lipinski definition) is 1. The van der Waals surface area contributed by atoms with E-state index < -0.39 is 0 Å². The molecule has 1 aromatic heterocycles. The van der Waals surface area contributed by atoms with Crippen LogP contribution in [-0.4, -0.2) is 39.5 Å². The summed E-state index contributed by atoms with van der Waals surface area (Å²) < 4.78 is 0. The maximum Gasteiger partial charge on any atom is 0.255 e. The molecule has 0 aliphatic carbocycles. The molecule has 3 aromatic rings. The molecule has 6 nitrogen and oxygen atoms in total. The number of hydrogen-bond acceptors (Lipinski definition) is 5. The van der Waals surface area contributed by atoms with E-state index in [1.807, 2.05) is 44.2 Å². The first kappa shape index (κ1) is 21.9. The third kappa shape index (κ3) is 5.43. The van der Waals surface area contributed by atoms with E-state index in [9.17, 15) is 9.59 Å². The van der Waals surface area contributed by atoms with Crippen LogP contribution in [0.5, 0.6) is 0 Å². The highest BCUT2D eigenvalue weighted by Gasteiger charge is 2.23. The fourth-order valence-corrected chi connectivity index (χ4v) is 3.89. The molecule has 2 amide bonds. The van der Waals surface area contributed by atoms with E-state index in [-0.39, 0.29) is 30.8 Å². The molecule has 0 radical (unpaired) electrons. The number of benzene rings is 2. The van der Waals surface area contributed by atoms with Gasteiger partial charge in [-0.05, 0) is 25.5 Å². The van der Waals surface area contributed by atoms with Crippen molar-refractivity contribution in [2.24, 2.45) is 0 Å². The van der Waals surface area contributed by atoms with Crippen LogP contribution in [0.2, 0.25) is 5.02 Å². The molecule has 1 unspecified atom stereocenters. The van der Waals surface area contributed by atoms with Gasteiger partial charge in [-0.3, -0.25) is 9.59 Å². The van der Waals surface area contributed by atoms with Gasteiger partial charge in [0.05, 0.1) is 10.6 Å². The van der Waals surface area contributed by atoms with Crippen LogP contribution < -0.4 is 5.32 Å². The Hall–Kier alpha value is -2.77. The van der Waals surface area contributed by atoms with Crippen LogP contribution in [-0.2, 0) is 4.79 Å². The number of carbonyl (C=O) groups is 2. The third-order valence-corrected chi connectivity index (χ3v) is 5.98. The van der Waals surface area contributed by atoms with Crippen LogP contribution in [0.25, 0.3) is 10.6 Å². The van der Waals surface area contributed by atoms with Crippen LogP contribution >= 0.6 is 22.9 Å². The molecular weight excluding hydrogens is 420 g/mol. The van der Waals surface area contributed by atoms with Crippen molar-refractivity contribution in [1.29, 1.82) is 0 Å². The highest BCUT2D eigenvalue weighted by Crippen LogP contribution is 2.26. The average Bonchev–Trinajstić information content (AvgIpc) is 3.22. The third-order valence-electron chi connectivity index (χ3n) is 4.76. The molecule has 0 saturated heterocycles. The van der Waals surface area contributed by atoms with E-state index in [4.69, 9.17) is 11.6 Å². The SMILES string of the molecule is CCC(C)N(CCC(=O)Nc1nnc(-c2ccccc2)s1)C(=O)c1ccccc1Cl. The molecule has 0 spiro atoms. The molecule has 0 aliphatic heterocycles. The van der Waals surface area contributed by atoms with Crippen LogP contribution in [0.1, 0.15) is 37.0 Å². The molecular formula is C22H23ClN4O2S. The Morgan fingerprint density at radius 1 is 1.10 bits per heavy atom. The maximum absolute atomic E-state index is 13.0. The minimum absolute atomic E-state index is 0.0206. The Morgan fingerprint density at radius 2 is 1.80 bits per heavy atom. The fourth-order valence-electron chi connectivity index (χ4n) is 2.91. The quantitative estimate of drug-likeness (QED) is 0.524. The topological polar surface area (TPSA) is 75.2 Å². The van der Waals surface area contributed by atoms with Gasteiger partial charge in [-0.15, -0.1) is 10.2 Å². The van der Waals surface area contributed by atoms with Crippen LogP contribution in [0.3, 0.4) is 0 Å². The predicted molar refractivity (Wildman–Crippen MR) is 121 cm³/mol. The van der Waals surface area contributed by atoms with Crippen molar-refractivity contribution < 1.29 is 9.59 Å². The summed E-state index contributed by atoms with van der Waals surface area (Å²) in [6.07, 6.45) is 0.926. The lowest BCUT2D eigenvalue weighted by Gasteiger charge is -2.28. The number of halogens is 1. The Balaban J connectivity index is 1.63. The number of amides is 2. The normalized spacial score (nSPS) is 11.7. The molecule has 0 saturated carbocycles. The second-order valence-electron chi connectivity index (χ2n) is 6.81. The molecule has 0 fully saturated rings. The molecule has 1 atom stereocenters. The second kappa shape index (κ2) is 10.3. The van der Waals surface area contributed by atoms with Crippen molar-refractivity contribution in [2.45, 2.75) is 32.7 Å². The van der Waals surface area contributed by atoms with Crippen molar-refractivity contribution in [3.8, 4) is 10.6 Å². The monoisotopic (exact) mass is 442 g/mol. The predicted octanol–water partition coefficient (Wildman–Crippen LogP) is 5.13. The Labute approximate surface area is 184 Å². The minimum atomic E-state index is -0.217. The van der Waals surface area contributed by atoms with Gasteiger partial charge in [0.25, 0.3) is 5.91 Å². The zero-order chi connectivity index (χ0) is 21.5. The van der Waals surface area contributed by atoms with Gasteiger partial charge < -0.3 is 10.2 Å². The molecule has 156 valence electrons. The van der Waals surface area contributed by atoms with Gasteiger partial charge in [-0.1, -0.05) is 72.3 Å². The average molecular weight is 443 g/mol. The maximum atomic E-state index is 13.0. The highest BCUT2D eigenvalue weighted by atomic mass is 35.5. The minimum Gasteiger partial charge on any atom is -0.335 e. The summed E-state index contributed by atoms with van der Waals surface area (Å²) in [7, 11) is 0. The van der Waals surface area contributed by atoms with Crippen molar-refractivity contribution in [1.82, 2.24) is 15.1 Å². The summed E-state index contributed by atoms with van der Waals surface area (Å²) in [5.41, 5.74) is 1.39. The van der Waals surface area contributed by atoms with Gasteiger partial charge in [-0.25, -0.2) is 0 Å². The van der Waals surface area contributed by atoms with Crippen molar-refractivity contribution in [3.05, 3.63) is 65.2 Å². The number of carbonyl (C=O) groups excluding carboxylic acids is 2. The Morgan fingerprint density at radius 3 is 2.50 bits per heavy atom. The molecule has 0 aliphatic rings. The van der Waals surface area contributed by atoms with E-state index in [2.05, 4.69) is 15.5 Å². The highest BCUT2D eigenvalue weighted by molar-refractivity contribution is 7.18. The standard InChI is InChI=1S/C22H23ClN4O2S/c1-3-15(2)27(21(29)17-11-7-8-12-18(17)23)14-13-19(28)24-22-26-25-20(30-22)16-9-5-4-6-10-16/h4-12,15H,3,13-14H2,1-2H3,(H,24,26,28). The van der Waals surface area contributed by atoms with Crippen LogP contribution in [0.4, 0.5) is 5.13 Å². The largest absolute Gasteiger partial charge is 0.335 e. The van der Waals surface area contributed by atoms with Crippen LogP contribution in [0, 0.1) is 0 Å². The molecule has 1 heterocycles. The van der Waals surface area contributed by atoms with Crippen LogP contribution in [0.15, 0.2) is 54.6 Å². The molecule has 3 rings (SSSR count). The fraction of sp³-hybridized carbons (Fsp3) is 0.273. The number of aromatic nitrogens is 2. The van der Waals surface area contributed by atoms with E-state index >= 15 is 0 Å². The smallest absolute Gasteiger partial charge is 0.255 e. The summed E-state index contributed by atoms with van der Waals surface area (Å²) in [5.74, 6) is -0.393. The van der Waals surface area contributed by atoms with Crippen molar-refractivity contribution in [3.63, 3.8) is 0 Å². The lowest BCUT2D eigenvalue weighted by Crippen LogP contribution is -2.40. The first-order chi connectivity index (χ1) is 14.5. The zero-order valence-corrected chi connectivity index (χ0v) is 18.4. The second-order valence-corrected chi connectivity index (χ2v) is 8.20. The lowest BCUT2D eigenvalue weighted by atomic mass is 10.1. The first-order valence-electron chi connectivity index (χ1n) is 9.74. The van der Waals surface area contributed by atoms with Gasteiger partial charge in [0.2, 0.25) is 11.0 Å². The van der Waals surface area contributed by atoms with Gasteiger partial charge in [0.15, 0.2) is 0 Å². The van der Waals surface area contributed by atoms with Gasteiger partial charge in [0, 0.05) is 24.6 Å². The Kier molecular flexibility index (Phi) is 7.54. The van der Waals surface area contributed by atoms with Gasteiger partial charge in [-0.2, -0.15) is 0 Å².